The Morgan fingerprint density at radius 2 is 2.54 bits per heavy atom. The first-order chi connectivity index (χ1) is 6.43. The third-order valence-corrected chi connectivity index (χ3v) is 2.75. The van der Waals surface area contributed by atoms with E-state index in [-0.39, 0.29) is 0 Å². The first-order valence-electron chi connectivity index (χ1n) is 4.59. The highest BCUT2D eigenvalue weighted by Gasteiger charge is 2.39. The molecule has 4 heteroatoms. The van der Waals surface area contributed by atoms with Gasteiger partial charge in [-0.3, -0.25) is 0 Å². The summed E-state index contributed by atoms with van der Waals surface area (Å²) in [6, 6.07) is 4.46. The van der Waals surface area contributed by atoms with Crippen molar-refractivity contribution in [2.75, 3.05) is 18.1 Å². The summed E-state index contributed by atoms with van der Waals surface area (Å²) in [5, 5.41) is 7.98. The van der Waals surface area contributed by atoms with Gasteiger partial charge < -0.3 is 9.64 Å². The molecule has 0 radical (unpaired) electrons. The van der Waals surface area contributed by atoms with Crippen LogP contribution in [0.1, 0.15) is 6.42 Å². The maximum Gasteiger partial charge on any atom is 0.151 e. The van der Waals surface area contributed by atoms with Crippen LogP contribution in [0.3, 0.4) is 0 Å². The molecule has 2 aliphatic rings. The molecule has 0 amide bonds. The Morgan fingerprint density at radius 1 is 1.54 bits per heavy atom. The Hall–Kier alpha value is -1.16. The Kier molecular flexibility index (Phi) is 1.49. The Labute approximate surface area is 76.5 Å². The van der Waals surface area contributed by atoms with Crippen LogP contribution in [0.25, 0.3) is 0 Å². The topological polar surface area (TPSA) is 38.2 Å². The van der Waals surface area contributed by atoms with Crippen molar-refractivity contribution in [2.45, 2.75) is 18.6 Å². The van der Waals surface area contributed by atoms with Crippen molar-refractivity contribution >= 4 is 5.82 Å². The van der Waals surface area contributed by atoms with Crippen molar-refractivity contribution in [3.8, 4) is 0 Å². The van der Waals surface area contributed by atoms with E-state index in [1.165, 1.54) is 0 Å². The molecule has 0 N–H and O–H groups in total. The van der Waals surface area contributed by atoms with E-state index < -0.39 is 0 Å². The molecule has 3 rings (SSSR count). The van der Waals surface area contributed by atoms with E-state index in [0.717, 1.165) is 25.4 Å². The van der Waals surface area contributed by atoms with E-state index in [1.807, 2.05) is 12.1 Å². The molecule has 2 atom stereocenters. The second kappa shape index (κ2) is 2.67. The highest BCUT2D eigenvalue weighted by molar-refractivity contribution is 5.41. The number of fused-ring (bicyclic) bond motifs is 2. The van der Waals surface area contributed by atoms with Gasteiger partial charge in [0.25, 0.3) is 0 Å². The number of rotatable bonds is 1. The predicted octanol–water partition coefficient (Wildman–Crippen LogP) is 0.454. The van der Waals surface area contributed by atoms with Gasteiger partial charge in [-0.2, -0.15) is 5.10 Å². The molecule has 2 aliphatic heterocycles. The molecule has 68 valence electrons. The molecule has 4 nitrogen and oxygen atoms in total. The molecule has 0 aromatic carbocycles. The Bertz CT molecular complexity index is 303. The van der Waals surface area contributed by atoms with Crippen LogP contribution in [0.5, 0.6) is 0 Å². The van der Waals surface area contributed by atoms with Crippen LogP contribution in [-0.2, 0) is 4.74 Å². The van der Waals surface area contributed by atoms with Gasteiger partial charge >= 0.3 is 0 Å². The minimum atomic E-state index is 0.423. The zero-order valence-electron chi connectivity index (χ0n) is 7.26. The van der Waals surface area contributed by atoms with E-state index in [1.54, 1.807) is 6.20 Å². The number of ether oxygens (including phenoxy) is 1. The van der Waals surface area contributed by atoms with Crippen molar-refractivity contribution in [3.63, 3.8) is 0 Å². The fourth-order valence-corrected chi connectivity index (χ4v) is 2.13. The lowest BCUT2D eigenvalue weighted by atomic mass is 10.2. The predicted molar refractivity (Wildman–Crippen MR) is 47.5 cm³/mol. The van der Waals surface area contributed by atoms with Crippen LogP contribution in [0, 0.1) is 0 Å². The van der Waals surface area contributed by atoms with E-state index in [0.29, 0.717) is 12.1 Å². The van der Waals surface area contributed by atoms with Crippen LogP contribution in [-0.4, -0.2) is 35.5 Å². The number of nitrogens with zero attached hydrogens (tertiary/aromatic N) is 3. The summed E-state index contributed by atoms with van der Waals surface area (Å²) in [4.78, 5) is 2.29. The van der Waals surface area contributed by atoms with Crippen LogP contribution in [0.15, 0.2) is 18.3 Å². The molecule has 1 aromatic rings. The average molecular weight is 177 g/mol. The van der Waals surface area contributed by atoms with Crippen LogP contribution in [0.4, 0.5) is 5.82 Å². The van der Waals surface area contributed by atoms with Gasteiger partial charge in [0, 0.05) is 12.7 Å². The smallest absolute Gasteiger partial charge is 0.151 e. The lowest BCUT2D eigenvalue weighted by Gasteiger charge is -2.27. The molecule has 2 unspecified atom stereocenters. The van der Waals surface area contributed by atoms with Gasteiger partial charge in [0.2, 0.25) is 0 Å². The minimum absolute atomic E-state index is 0.423. The number of anilines is 1. The summed E-state index contributed by atoms with van der Waals surface area (Å²) in [6.45, 7) is 1.82. The van der Waals surface area contributed by atoms with Crippen molar-refractivity contribution in [1.82, 2.24) is 10.2 Å². The largest absolute Gasteiger partial charge is 0.374 e. The van der Waals surface area contributed by atoms with Crippen molar-refractivity contribution in [1.29, 1.82) is 0 Å². The van der Waals surface area contributed by atoms with Crippen LogP contribution in [0.2, 0.25) is 0 Å². The van der Waals surface area contributed by atoms with Gasteiger partial charge in [-0.1, -0.05) is 0 Å². The molecular weight excluding hydrogens is 166 g/mol. The van der Waals surface area contributed by atoms with Gasteiger partial charge in [0.05, 0.1) is 18.8 Å². The average Bonchev–Trinajstić information content (AvgIpc) is 2.80. The number of hydrogen-bond acceptors (Lipinski definition) is 4. The highest BCUT2D eigenvalue weighted by Crippen LogP contribution is 2.30. The van der Waals surface area contributed by atoms with E-state index >= 15 is 0 Å². The lowest BCUT2D eigenvalue weighted by molar-refractivity contribution is 0.0988. The summed E-state index contributed by atoms with van der Waals surface area (Å²) < 4.78 is 5.51. The SMILES string of the molecule is c1cnnc(N2CC3CC2CO3)c1. The second-order valence-electron chi connectivity index (χ2n) is 3.58. The van der Waals surface area contributed by atoms with Crippen LogP contribution < -0.4 is 4.90 Å². The summed E-state index contributed by atoms with van der Waals surface area (Å²) in [5.41, 5.74) is 0. The summed E-state index contributed by atoms with van der Waals surface area (Å²) in [5.74, 6) is 0.985. The number of morpholine rings is 1. The van der Waals surface area contributed by atoms with Gasteiger partial charge in [-0.05, 0) is 18.6 Å². The monoisotopic (exact) mass is 177 g/mol. The molecule has 3 heterocycles. The lowest BCUT2D eigenvalue weighted by Crippen LogP contribution is -2.37. The fraction of sp³-hybridized carbons (Fsp3) is 0.556. The number of aromatic nitrogens is 2. The highest BCUT2D eigenvalue weighted by atomic mass is 16.5. The molecule has 1 aromatic heterocycles. The van der Waals surface area contributed by atoms with Gasteiger partial charge in [0.1, 0.15) is 0 Å². The molecule has 0 spiro atoms. The zero-order valence-corrected chi connectivity index (χ0v) is 7.26. The van der Waals surface area contributed by atoms with Crippen molar-refractivity contribution < 1.29 is 4.74 Å². The number of hydrogen-bond donors (Lipinski definition) is 0. The quantitative estimate of drug-likeness (QED) is 0.624. The fourth-order valence-electron chi connectivity index (χ4n) is 2.13. The molecular formula is C9H11N3O. The first-order valence-corrected chi connectivity index (χ1v) is 4.59. The van der Waals surface area contributed by atoms with Gasteiger partial charge in [0.15, 0.2) is 5.82 Å². The Morgan fingerprint density at radius 3 is 3.15 bits per heavy atom. The van der Waals surface area contributed by atoms with Crippen LogP contribution >= 0.6 is 0 Å². The molecule has 2 saturated heterocycles. The summed E-state index contributed by atoms with van der Waals surface area (Å²) in [7, 11) is 0. The van der Waals surface area contributed by atoms with Gasteiger partial charge in [-0.15, -0.1) is 5.10 Å². The molecule has 13 heavy (non-hydrogen) atoms. The van der Waals surface area contributed by atoms with E-state index in [4.69, 9.17) is 4.74 Å². The Balaban J connectivity index is 1.87. The first kappa shape index (κ1) is 7.26. The minimum Gasteiger partial charge on any atom is -0.374 e. The van der Waals surface area contributed by atoms with E-state index in [9.17, 15) is 0 Å². The van der Waals surface area contributed by atoms with Gasteiger partial charge in [-0.25, -0.2) is 0 Å². The molecule has 0 aliphatic carbocycles. The third-order valence-electron chi connectivity index (χ3n) is 2.75. The van der Waals surface area contributed by atoms with Crippen molar-refractivity contribution in [3.05, 3.63) is 18.3 Å². The maximum absolute atomic E-state index is 5.51. The second-order valence-corrected chi connectivity index (χ2v) is 3.58. The third kappa shape index (κ3) is 1.09. The molecule has 0 saturated carbocycles. The summed E-state index contributed by atoms with van der Waals surface area (Å²) in [6.07, 6.45) is 3.28. The normalized spacial score (nSPS) is 31.2. The van der Waals surface area contributed by atoms with E-state index in [2.05, 4.69) is 15.1 Å². The maximum atomic E-state index is 5.51. The zero-order chi connectivity index (χ0) is 8.67. The standard InChI is InChI=1S/C9H11N3O/c1-2-9(11-10-3-1)12-5-8-4-7(12)6-13-8/h1-3,7-8H,4-6H2. The molecule has 2 fully saturated rings. The molecule has 2 bridgehead atoms. The van der Waals surface area contributed by atoms with Crippen molar-refractivity contribution in [2.24, 2.45) is 0 Å². The summed E-state index contributed by atoms with van der Waals surface area (Å²) >= 11 is 0.